The van der Waals surface area contributed by atoms with Gasteiger partial charge in [0, 0.05) is 43.8 Å². The van der Waals surface area contributed by atoms with Crippen LogP contribution in [0.4, 0.5) is 17.2 Å². The third-order valence-electron chi connectivity index (χ3n) is 8.68. The van der Waals surface area contributed by atoms with Crippen molar-refractivity contribution in [2.45, 2.75) is 37.6 Å². The first kappa shape index (κ1) is 25.6. The Morgan fingerprint density at radius 2 is 1.20 bits per heavy atom. The van der Waals surface area contributed by atoms with Gasteiger partial charge in [0.2, 0.25) is 0 Å². The van der Waals surface area contributed by atoms with Crippen LogP contribution in [0.2, 0.25) is 0 Å². The quantitative estimate of drug-likeness (QED) is 0.241. The summed E-state index contributed by atoms with van der Waals surface area (Å²) in [6.45, 7) is 4.61. The lowest BCUT2D eigenvalue weighted by molar-refractivity contribution is 0.641. The lowest BCUT2D eigenvalue weighted by Gasteiger charge is -2.28. The van der Waals surface area contributed by atoms with E-state index in [4.69, 9.17) is 10.1 Å². The van der Waals surface area contributed by atoms with E-state index in [0.29, 0.717) is 0 Å². The highest BCUT2D eigenvalue weighted by Gasteiger charge is 2.39. The molecule has 0 saturated carbocycles. The summed E-state index contributed by atoms with van der Waals surface area (Å²) in [5.74, 6) is 0.927. The lowest BCUT2D eigenvalue weighted by atomic mass is 9.84. The van der Waals surface area contributed by atoms with Gasteiger partial charge < -0.3 is 9.80 Å². The molecule has 2 saturated heterocycles. The minimum Gasteiger partial charge on any atom is -0.372 e. The molecule has 2 unspecified atom stereocenters. The highest BCUT2D eigenvalue weighted by molar-refractivity contribution is 6.06. The first-order valence-electron chi connectivity index (χ1n) is 15.1. The van der Waals surface area contributed by atoms with Gasteiger partial charge in [-0.1, -0.05) is 66.7 Å². The van der Waals surface area contributed by atoms with E-state index in [0.717, 1.165) is 37.7 Å². The molecule has 3 aromatic carbocycles. The van der Waals surface area contributed by atoms with E-state index in [1.807, 2.05) is 18.3 Å². The Kier molecular flexibility index (Phi) is 7.25. The summed E-state index contributed by atoms with van der Waals surface area (Å²) in [6, 6.07) is 35.0. The molecule has 0 spiro atoms. The predicted octanol–water partition coefficient (Wildman–Crippen LogP) is 7.70. The maximum Gasteiger partial charge on any atom is 0.149 e. The summed E-state index contributed by atoms with van der Waals surface area (Å²) >= 11 is 0. The average Bonchev–Trinajstić information content (AvgIpc) is 3.83. The van der Waals surface area contributed by atoms with Crippen LogP contribution in [0, 0.1) is 0 Å². The van der Waals surface area contributed by atoms with Crippen LogP contribution in [0.25, 0.3) is 6.08 Å². The van der Waals surface area contributed by atoms with Gasteiger partial charge in [0.05, 0.1) is 17.7 Å². The highest BCUT2D eigenvalue weighted by Crippen LogP contribution is 2.44. The zero-order valence-electron chi connectivity index (χ0n) is 23.5. The molecule has 4 heterocycles. The minimum absolute atomic E-state index is 0.00267. The summed E-state index contributed by atoms with van der Waals surface area (Å²) < 4.78 is 0. The van der Waals surface area contributed by atoms with Gasteiger partial charge in [0.15, 0.2) is 0 Å². The van der Waals surface area contributed by atoms with Crippen molar-refractivity contribution >= 4 is 29.0 Å². The predicted molar refractivity (Wildman–Crippen MR) is 171 cm³/mol. The Hall–Kier alpha value is -4.38. The Labute approximate surface area is 243 Å². The van der Waals surface area contributed by atoms with Crippen molar-refractivity contribution in [1.29, 1.82) is 0 Å². The summed E-state index contributed by atoms with van der Waals surface area (Å²) in [5, 5.41) is 7.38. The van der Waals surface area contributed by atoms with E-state index in [2.05, 4.69) is 112 Å². The van der Waals surface area contributed by atoms with Crippen LogP contribution in [0.15, 0.2) is 114 Å². The number of hydrogen-bond acceptors (Lipinski definition) is 5. The van der Waals surface area contributed by atoms with Crippen molar-refractivity contribution < 1.29 is 0 Å². The van der Waals surface area contributed by atoms with Gasteiger partial charge in [-0.15, -0.1) is 0 Å². The fourth-order valence-corrected chi connectivity index (χ4v) is 6.53. The second-order valence-corrected chi connectivity index (χ2v) is 11.3. The molecule has 2 atom stereocenters. The molecule has 0 N–H and O–H groups in total. The Morgan fingerprint density at radius 1 is 0.585 bits per heavy atom. The number of hydrogen-bond donors (Lipinski definition) is 0. The molecule has 2 fully saturated rings. The van der Waals surface area contributed by atoms with Crippen molar-refractivity contribution in [3.8, 4) is 0 Å². The van der Waals surface area contributed by atoms with E-state index < -0.39 is 0 Å². The van der Waals surface area contributed by atoms with Crippen LogP contribution in [0.3, 0.4) is 0 Å². The van der Waals surface area contributed by atoms with Gasteiger partial charge in [-0.25, -0.2) is 9.99 Å². The third-order valence-corrected chi connectivity index (χ3v) is 8.68. The number of hydrazone groups is 1. The fourth-order valence-electron chi connectivity index (χ4n) is 6.53. The first-order valence-corrected chi connectivity index (χ1v) is 15.1. The number of pyridine rings is 1. The molecule has 0 amide bonds. The first-order chi connectivity index (χ1) is 20.3. The monoisotopic (exact) mass is 539 g/mol. The molecule has 5 heteroatoms. The number of benzene rings is 3. The number of allylic oxidation sites excluding steroid dienone is 1. The molecule has 3 aliphatic rings. The Balaban J connectivity index is 1.25. The topological polar surface area (TPSA) is 35.0 Å². The molecular weight excluding hydrogens is 502 g/mol. The molecule has 4 aromatic rings. The maximum absolute atomic E-state index is 5.25. The third kappa shape index (κ3) is 5.37. The summed E-state index contributed by atoms with van der Waals surface area (Å²) in [5.41, 5.74) is 7.35. The van der Waals surface area contributed by atoms with E-state index in [1.54, 1.807) is 0 Å². The van der Waals surface area contributed by atoms with Crippen LogP contribution in [0.5, 0.6) is 0 Å². The minimum atomic E-state index is -0.00267. The SMILES string of the molecule is C(=Cc1ccc(N2CCCC2)cc1)C1=NN(c2ccccn2)C(c2ccc(N3CCCC3)cc2)C1c1ccccc1. The van der Waals surface area contributed by atoms with Crippen molar-refractivity contribution in [3.63, 3.8) is 0 Å². The van der Waals surface area contributed by atoms with Gasteiger partial charge >= 0.3 is 0 Å². The van der Waals surface area contributed by atoms with E-state index in [1.165, 1.54) is 53.7 Å². The molecule has 206 valence electrons. The smallest absolute Gasteiger partial charge is 0.149 e. The summed E-state index contributed by atoms with van der Waals surface area (Å²) in [7, 11) is 0. The average molecular weight is 540 g/mol. The maximum atomic E-state index is 5.25. The molecule has 0 bridgehead atoms. The van der Waals surface area contributed by atoms with Crippen LogP contribution in [-0.4, -0.2) is 36.9 Å². The summed E-state index contributed by atoms with van der Waals surface area (Å²) in [6.07, 6.45) is 11.4. The molecule has 5 nitrogen and oxygen atoms in total. The second-order valence-electron chi connectivity index (χ2n) is 11.3. The lowest BCUT2D eigenvalue weighted by Crippen LogP contribution is -2.25. The zero-order valence-corrected chi connectivity index (χ0v) is 23.5. The number of rotatable bonds is 7. The number of aromatic nitrogens is 1. The Bertz CT molecular complexity index is 1480. The molecule has 1 aromatic heterocycles. The molecular formula is C36H37N5. The highest BCUT2D eigenvalue weighted by atomic mass is 15.5. The molecule has 41 heavy (non-hydrogen) atoms. The molecule has 7 rings (SSSR count). The largest absolute Gasteiger partial charge is 0.372 e. The normalized spacial score (nSPS) is 20.8. The van der Waals surface area contributed by atoms with Gasteiger partial charge in [-0.05, 0) is 84.8 Å². The van der Waals surface area contributed by atoms with E-state index >= 15 is 0 Å². The van der Waals surface area contributed by atoms with Gasteiger partial charge in [-0.2, -0.15) is 5.10 Å². The van der Waals surface area contributed by atoms with Crippen LogP contribution >= 0.6 is 0 Å². The van der Waals surface area contributed by atoms with Crippen molar-refractivity contribution in [3.05, 3.63) is 126 Å². The van der Waals surface area contributed by atoms with Crippen LogP contribution in [-0.2, 0) is 0 Å². The van der Waals surface area contributed by atoms with Crippen molar-refractivity contribution in [1.82, 2.24) is 4.98 Å². The van der Waals surface area contributed by atoms with Crippen molar-refractivity contribution in [2.75, 3.05) is 41.0 Å². The van der Waals surface area contributed by atoms with Gasteiger partial charge in [-0.3, -0.25) is 0 Å². The van der Waals surface area contributed by atoms with Crippen LogP contribution < -0.4 is 14.8 Å². The number of anilines is 3. The molecule has 0 aliphatic carbocycles. The van der Waals surface area contributed by atoms with E-state index in [9.17, 15) is 0 Å². The standard InChI is InChI=1S/C36H37N5/c1-2-10-29(11-3-1)35-33(22-15-28-13-18-31(19-14-28)39-24-6-7-25-39)38-41(34-12-4-5-23-37-34)36(35)30-16-20-32(21-17-30)40-26-8-9-27-40/h1-5,10-23,35-36H,6-9,24-27H2. The van der Waals surface area contributed by atoms with Gasteiger partial charge in [0.25, 0.3) is 0 Å². The molecule has 0 radical (unpaired) electrons. The number of nitrogens with zero attached hydrogens (tertiary/aromatic N) is 5. The summed E-state index contributed by atoms with van der Waals surface area (Å²) in [4.78, 5) is 9.69. The van der Waals surface area contributed by atoms with E-state index in [-0.39, 0.29) is 12.0 Å². The Morgan fingerprint density at radius 3 is 1.80 bits per heavy atom. The van der Waals surface area contributed by atoms with Crippen molar-refractivity contribution in [2.24, 2.45) is 5.10 Å². The molecule has 3 aliphatic heterocycles. The second kappa shape index (κ2) is 11.6. The van der Waals surface area contributed by atoms with Crippen LogP contribution in [0.1, 0.15) is 54.3 Å². The zero-order chi connectivity index (χ0) is 27.4. The fraction of sp³-hybridized carbons (Fsp3) is 0.278. The van der Waals surface area contributed by atoms with Gasteiger partial charge in [0.1, 0.15) is 5.82 Å².